The number of amides is 1. The van der Waals surface area contributed by atoms with E-state index in [1.165, 1.54) is 37.5 Å². The molecule has 25 heavy (non-hydrogen) atoms. The van der Waals surface area contributed by atoms with Gasteiger partial charge >= 0.3 is 0 Å². The molecule has 0 saturated carbocycles. The van der Waals surface area contributed by atoms with Crippen molar-refractivity contribution in [2.24, 2.45) is 11.8 Å². The van der Waals surface area contributed by atoms with Gasteiger partial charge in [-0.2, -0.15) is 0 Å². The molecule has 1 aromatic carbocycles. The summed E-state index contributed by atoms with van der Waals surface area (Å²) in [6.07, 6.45) is 5.88. The summed E-state index contributed by atoms with van der Waals surface area (Å²) in [4.78, 5) is 22.4. The van der Waals surface area contributed by atoms with E-state index < -0.39 is 0 Å². The van der Waals surface area contributed by atoms with Crippen LogP contribution in [0.2, 0.25) is 0 Å². The summed E-state index contributed by atoms with van der Waals surface area (Å²) in [5.74, 6) is 1.35. The summed E-state index contributed by atoms with van der Waals surface area (Å²) in [5.41, 5.74) is 2.75. The third-order valence-corrected chi connectivity index (χ3v) is 4.62. The van der Waals surface area contributed by atoms with Crippen molar-refractivity contribution >= 4 is 5.91 Å². The van der Waals surface area contributed by atoms with E-state index in [-0.39, 0.29) is 5.91 Å². The number of carbonyl (C=O) groups excluding carboxylic acids is 1. The molecule has 1 N–H and O–H groups in total. The third kappa shape index (κ3) is 5.10. The molecule has 132 valence electrons. The van der Waals surface area contributed by atoms with Crippen LogP contribution in [0.1, 0.15) is 41.9 Å². The molecule has 0 bridgehead atoms. The normalized spacial score (nSPS) is 21.0. The highest BCUT2D eigenvalue weighted by atomic mass is 16.1. The number of likely N-dealkylation sites (tertiary alicyclic amines) is 1. The molecule has 5 heteroatoms. The van der Waals surface area contributed by atoms with Crippen LogP contribution in [0.3, 0.4) is 0 Å². The van der Waals surface area contributed by atoms with Crippen molar-refractivity contribution in [1.29, 1.82) is 0 Å². The van der Waals surface area contributed by atoms with E-state index in [2.05, 4.69) is 58.3 Å². The Morgan fingerprint density at radius 3 is 2.44 bits per heavy atom. The smallest absolute Gasteiger partial charge is 0.271 e. The van der Waals surface area contributed by atoms with Gasteiger partial charge in [-0.05, 0) is 29.4 Å². The van der Waals surface area contributed by atoms with Gasteiger partial charge in [0.05, 0.1) is 6.20 Å². The summed E-state index contributed by atoms with van der Waals surface area (Å²) in [7, 11) is 0. The zero-order chi connectivity index (χ0) is 17.6. The van der Waals surface area contributed by atoms with E-state index in [9.17, 15) is 4.79 Å². The number of hydrogen-bond donors (Lipinski definition) is 1. The second-order valence-corrected chi connectivity index (χ2v) is 7.23. The van der Waals surface area contributed by atoms with Crippen LogP contribution in [0.25, 0.3) is 0 Å². The van der Waals surface area contributed by atoms with E-state index in [1.54, 1.807) is 6.20 Å². The van der Waals surface area contributed by atoms with Gasteiger partial charge < -0.3 is 5.32 Å². The van der Waals surface area contributed by atoms with E-state index in [0.29, 0.717) is 12.2 Å². The molecule has 0 radical (unpaired) electrons. The number of aromatic nitrogens is 2. The van der Waals surface area contributed by atoms with Crippen molar-refractivity contribution in [2.45, 2.75) is 33.4 Å². The van der Waals surface area contributed by atoms with Crippen LogP contribution < -0.4 is 5.32 Å². The van der Waals surface area contributed by atoms with Crippen LogP contribution in [-0.4, -0.2) is 33.9 Å². The Hall–Kier alpha value is -2.27. The second-order valence-electron chi connectivity index (χ2n) is 7.23. The molecule has 2 aromatic rings. The molecule has 0 aliphatic carbocycles. The number of nitrogens with zero attached hydrogens (tertiary/aromatic N) is 3. The topological polar surface area (TPSA) is 58.1 Å². The number of carbonyl (C=O) groups is 1. The first-order valence-electron chi connectivity index (χ1n) is 8.94. The van der Waals surface area contributed by atoms with Crippen molar-refractivity contribution in [3.8, 4) is 0 Å². The lowest BCUT2D eigenvalue weighted by Gasteiger charge is -2.35. The van der Waals surface area contributed by atoms with E-state index in [4.69, 9.17) is 0 Å². The van der Waals surface area contributed by atoms with Crippen molar-refractivity contribution in [3.05, 3.63) is 59.7 Å². The fraction of sp³-hybridized carbons (Fsp3) is 0.450. The standard InChI is InChI=1S/C20H26N4O/c1-15-9-16(2)13-24(12-15)14-18-5-3-17(4-6-18)10-23-20(25)19-11-21-7-8-22-19/h3-8,11,15-16H,9-10,12-14H2,1-2H3,(H,23,25)/t15-,16+. The predicted molar refractivity (Wildman–Crippen MR) is 97.9 cm³/mol. The highest BCUT2D eigenvalue weighted by Gasteiger charge is 2.21. The Balaban J connectivity index is 1.51. The highest BCUT2D eigenvalue weighted by molar-refractivity contribution is 5.91. The zero-order valence-electron chi connectivity index (χ0n) is 15.0. The van der Waals surface area contributed by atoms with Gasteiger partial charge in [-0.25, -0.2) is 4.98 Å². The molecule has 1 aliphatic heterocycles. The summed E-state index contributed by atoms with van der Waals surface area (Å²) in [6, 6.07) is 8.49. The second kappa shape index (κ2) is 8.21. The van der Waals surface area contributed by atoms with Crippen molar-refractivity contribution in [3.63, 3.8) is 0 Å². The average molecular weight is 338 g/mol. The van der Waals surface area contributed by atoms with Crippen LogP contribution in [0.5, 0.6) is 0 Å². The molecule has 1 fully saturated rings. The lowest BCUT2D eigenvalue weighted by Crippen LogP contribution is -2.38. The molecular weight excluding hydrogens is 312 g/mol. The summed E-state index contributed by atoms with van der Waals surface area (Å²) >= 11 is 0. The van der Waals surface area contributed by atoms with Crippen LogP contribution >= 0.6 is 0 Å². The molecule has 2 atom stereocenters. The summed E-state index contributed by atoms with van der Waals surface area (Å²) in [5, 5.41) is 2.88. The van der Waals surface area contributed by atoms with Crippen LogP contribution in [0.15, 0.2) is 42.9 Å². The van der Waals surface area contributed by atoms with Gasteiger partial charge in [0.2, 0.25) is 0 Å². The predicted octanol–water partition coefficient (Wildman–Crippen LogP) is 2.88. The molecule has 3 rings (SSSR count). The fourth-order valence-corrected chi connectivity index (χ4v) is 3.63. The molecule has 5 nitrogen and oxygen atoms in total. The molecule has 1 amide bonds. The van der Waals surface area contributed by atoms with Gasteiger partial charge in [0.1, 0.15) is 5.69 Å². The molecule has 2 heterocycles. The lowest BCUT2D eigenvalue weighted by molar-refractivity contribution is 0.0945. The number of nitrogens with one attached hydrogen (secondary N) is 1. The Bertz CT molecular complexity index is 677. The van der Waals surface area contributed by atoms with E-state index >= 15 is 0 Å². The number of piperidine rings is 1. The van der Waals surface area contributed by atoms with Crippen molar-refractivity contribution in [2.75, 3.05) is 13.1 Å². The minimum atomic E-state index is -0.200. The van der Waals surface area contributed by atoms with Crippen molar-refractivity contribution < 1.29 is 4.79 Å². The van der Waals surface area contributed by atoms with Crippen LogP contribution in [0, 0.1) is 11.8 Å². The van der Waals surface area contributed by atoms with Crippen LogP contribution in [-0.2, 0) is 13.1 Å². The fourth-order valence-electron chi connectivity index (χ4n) is 3.63. The number of hydrogen-bond acceptors (Lipinski definition) is 4. The molecule has 0 spiro atoms. The Kier molecular flexibility index (Phi) is 5.76. The minimum Gasteiger partial charge on any atom is -0.347 e. The Labute approximate surface area is 149 Å². The SMILES string of the molecule is C[C@@H]1C[C@H](C)CN(Cc2ccc(CNC(=O)c3cnccn3)cc2)C1. The number of benzene rings is 1. The Morgan fingerprint density at radius 1 is 1.12 bits per heavy atom. The first-order chi connectivity index (χ1) is 12.1. The van der Waals surface area contributed by atoms with Crippen molar-refractivity contribution in [1.82, 2.24) is 20.2 Å². The number of rotatable bonds is 5. The van der Waals surface area contributed by atoms with Gasteiger partial charge in [0.15, 0.2) is 0 Å². The monoisotopic (exact) mass is 338 g/mol. The molecule has 1 aromatic heterocycles. The first-order valence-corrected chi connectivity index (χ1v) is 8.94. The summed E-state index contributed by atoms with van der Waals surface area (Å²) < 4.78 is 0. The molecule has 1 saturated heterocycles. The zero-order valence-corrected chi connectivity index (χ0v) is 15.0. The highest BCUT2D eigenvalue weighted by Crippen LogP contribution is 2.22. The third-order valence-electron chi connectivity index (χ3n) is 4.62. The largest absolute Gasteiger partial charge is 0.347 e. The maximum Gasteiger partial charge on any atom is 0.271 e. The van der Waals surface area contributed by atoms with Gasteiger partial charge in [0.25, 0.3) is 5.91 Å². The molecule has 0 unspecified atom stereocenters. The Morgan fingerprint density at radius 2 is 1.80 bits per heavy atom. The van der Waals surface area contributed by atoms with Gasteiger partial charge in [0, 0.05) is 38.6 Å². The molecule has 1 aliphatic rings. The maximum absolute atomic E-state index is 12.0. The van der Waals surface area contributed by atoms with Gasteiger partial charge in [-0.3, -0.25) is 14.7 Å². The molecular formula is C20H26N4O. The van der Waals surface area contributed by atoms with Gasteiger partial charge in [-0.1, -0.05) is 38.1 Å². The first kappa shape index (κ1) is 17.5. The quantitative estimate of drug-likeness (QED) is 0.911. The van der Waals surface area contributed by atoms with E-state index in [0.717, 1.165) is 23.9 Å². The summed E-state index contributed by atoms with van der Waals surface area (Å²) in [6.45, 7) is 8.53. The minimum absolute atomic E-state index is 0.200. The maximum atomic E-state index is 12.0. The van der Waals surface area contributed by atoms with Gasteiger partial charge in [-0.15, -0.1) is 0 Å². The van der Waals surface area contributed by atoms with Crippen LogP contribution in [0.4, 0.5) is 0 Å². The van der Waals surface area contributed by atoms with E-state index in [1.807, 2.05) is 0 Å². The average Bonchev–Trinajstić information content (AvgIpc) is 2.61. The lowest BCUT2D eigenvalue weighted by atomic mass is 9.91.